The molecule has 1 amide bonds. The highest BCUT2D eigenvalue weighted by Gasteiger charge is 2.44. The minimum absolute atomic E-state index is 0.0630. The minimum Gasteiger partial charge on any atom is -0.503 e. The number of rotatable bonds is 6. The molecular weight excluding hydrogens is 470 g/mol. The van der Waals surface area contributed by atoms with Crippen LogP contribution in [0.5, 0.6) is 5.75 Å². The number of methoxy groups -OCH3 is 1. The molecule has 34 heavy (non-hydrogen) atoms. The quantitative estimate of drug-likeness (QED) is 0.563. The first-order valence-electron chi connectivity index (χ1n) is 10.5. The van der Waals surface area contributed by atoms with Crippen LogP contribution < -0.4 is 5.43 Å². The summed E-state index contributed by atoms with van der Waals surface area (Å²) in [5, 5.41) is 19.4. The number of hydrogen-bond acceptors (Lipinski definition) is 8. The summed E-state index contributed by atoms with van der Waals surface area (Å²) < 4.78 is 39.5. The van der Waals surface area contributed by atoms with E-state index in [1.807, 2.05) is 0 Å². The number of aromatic hydroxyl groups is 1. The van der Waals surface area contributed by atoms with E-state index in [0.29, 0.717) is 31.4 Å². The number of fused-ring (bicyclic) bond motifs is 3. The Hall–Kier alpha value is -3.22. The molecule has 1 saturated heterocycles. The van der Waals surface area contributed by atoms with Crippen molar-refractivity contribution in [1.29, 1.82) is 0 Å². The van der Waals surface area contributed by atoms with Gasteiger partial charge in [0.1, 0.15) is 16.6 Å². The van der Waals surface area contributed by atoms with Crippen molar-refractivity contribution >= 4 is 17.2 Å². The molecule has 4 heterocycles. The summed E-state index contributed by atoms with van der Waals surface area (Å²) in [6, 6.07) is 2.71. The first-order chi connectivity index (χ1) is 16.4. The molecule has 12 heteroatoms. The van der Waals surface area contributed by atoms with E-state index in [2.05, 4.69) is 10.2 Å². The van der Waals surface area contributed by atoms with Crippen molar-refractivity contribution in [1.82, 2.24) is 19.7 Å². The van der Waals surface area contributed by atoms with Crippen LogP contribution in [0.25, 0.3) is 10.6 Å². The lowest BCUT2D eigenvalue weighted by Crippen LogP contribution is -2.52. The van der Waals surface area contributed by atoms with Crippen LogP contribution in [0, 0.1) is 11.6 Å². The highest BCUT2D eigenvalue weighted by molar-refractivity contribution is 7.14. The molecule has 1 N–H and O–H groups in total. The number of aromatic nitrogens is 3. The van der Waals surface area contributed by atoms with Crippen LogP contribution in [-0.4, -0.2) is 70.2 Å². The zero-order valence-corrected chi connectivity index (χ0v) is 18.8. The number of hydrogen-bond donors (Lipinski definition) is 1. The Balaban J connectivity index is 1.52. The fourth-order valence-corrected chi connectivity index (χ4v) is 5.22. The Morgan fingerprint density at radius 3 is 2.79 bits per heavy atom. The van der Waals surface area contributed by atoms with Gasteiger partial charge in [-0.3, -0.25) is 9.59 Å². The zero-order chi connectivity index (χ0) is 24.0. The number of pyridine rings is 1. The summed E-state index contributed by atoms with van der Waals surface area (Å²) in [6.07, 6.45) is 1.56. The number of ether oxygens (including phenoxy) is 2. The second-order valence-corrected chi connectivity index (χ2v) is 9.12. The average molecular weight is 490 g/mol. The molecule has 0 aliphatic carbocycles. The Labute approximate surface area is 196 Å². The van der Waals surface area contributed by atoms with Gasteiger partial charge in [-0.2, -0.15) is 0 Å². The Morgan fingerprint density at radius 2 is 2.03 bits per heavy atom. The first kappa shape index (κ1) is 22.6. The second-order valence-electron chi connectivity index (χ2n) is 8.05. The molecule has 2 atom stereocenters. The normalized spacial score (nSPS) is 19.4. The monoisotopic (exact) mass is 490 g/mol. The first-order valence-corrected chi connectivity index (χ1v) is 11.3. The fraction of sp³-hybridized carbons (Fsp3) is 0.364. The molecule has 5 rings (SSSR count). The lowest BCUT2D eigenvalue weighted by atomic mass is 10.0. The van der Waals surface area contributed by atoms with Crippen molar-refractivity contribution in [2.75, 3.05) is 33.5 Å². The second kappa shape index (κ2) is 8.85. The zero-order valence-electron chi connectivity index (χ0n) is 18.0. The Morgan fingerprint density at radius 1 is 1.24 bits per heavy atom. The molecule has 9 nitrogen and oxygen atoms in total. The van der Waals surface area contributed by atoms with Crippen LogP contribution in [-0.2, 0) is 15.9 Å². The van der Waals surface area contributed by atoms with Crippen molar-refractivity contribution < 1.29 is 28.2 Å². The molecule has 2 aliphatic rings. The summed E-state index contributed by atoms with van der Waals surface area (Å²) in [5.74, 6) is -2.53. The Bertz CT molecular complexity index is 1330. The number of amides is 1. The van der Waals surface area contributed by atoms with Crippen LogP contribution in [0.2, 0.25) is 0 Å². The molecule has 0 radical (unpaired) electrons. The number of benzene rings is 1. The van der Waals surface area contributed by atoms with Gasteiger partial charge >= 0.3 is 0 Å². The van der Waals surface area contributed by atoms with E-state index in [9.17, 15) is 23.5 Å². The molecule has 2 aliphatic heterocycles. The lowest BCUT2D eigenvalue weighted by molar-refractivity contribution is 0.0473. The lowest BCUT2D eigenvalue weighted by Gasteiger charge is -2.39. The van der Waals surface area contributed by atoms with E-state index < -0.39 is 28.7 Å². The van der Waals surface area contributed by atoms with Gasteiger partial charge in [0.25, 0.3) is 5.91 Å². The summed E-state index contributed by atoms with van der Waals surface area (Å²) in [6.45, 7) is 1.24. The maximum atomic E-state index is 14.0. The van der Waals surface area contributed by atoms with Gasteiger partial charge in [0.05, 0.1) is 37.5 Å². The predicted molar refractivity (Wildman–Crippen MR) is 117 cm³/mol. The summed E-state index contributed by atoms with van der Waals surface area (Å²) in [7, 11) is 1.53. The fourth-order valence-electron chi connectivity index (χ4n) is 4.35. The van der Waals surface area contributed by atoms with Gasteiger partial charge in [-0.1, -0.05) is 17.4 Å². The van der Waals surface area contributed by atoms with E-state index >= 15 is 0 Å². The van der Waals surface area contributed by atoms with Crippen molar-refractivity contribution in [3.05, 3.63) is 62.5 Å². The van der Waals surface area contributed by atoms with Crippen molar-refractivity contribution in [2.24, 2.45) is 0 Å². The van der Waals surface area contributed by atoms with E-state index in [-0.39, 0.29) is 40.3 Å². The third kappa shape index (κ3) is 3.77. The van der Waals surface area contributed by atoms with E-state index in [0.717, 1.165) is 23.5 Å². The molecular formula is C22H20F2N4O5S. The summed E-state index contributed by atoms with van der Waals surface area (Å²) >= 11 is 1.05. The maximum absolute atomic E-state index is 14.0. The Kier molecular flexibility index (Phi) is 5.88. The molecule has 2 aromatic heterocycles. The largest absolute Gasteiger partial charge is 0.503 e. The third-order valence-corrected chi connectivity index (χ3v) is 7.00. The van der Waals surface area contributed by atoms with Gasteiger partial charge in [-0.05, 0) is 11.6 Å². The summed E-state index contributed by atoms with van der Waals surface area (Å²) in [4.78, 5) is 27.7. The van der Waals surface area contributed by atoms with E-state index in [1.54, 1.807) is 9.47 Å². The highest BCUT2D eigenvalue weighted by atomic mass is 32.1. The van der Waals surface area contributed by atoms with Crippen LogP contribution in [0.1, 0.15) is 27.1 Å². The molecule has 1 aromatic carbocycles. The average Bonchev–Trinajstić information content (AvgIpc) is 3.47. The SMILES string of the molecule is COCCN1C(=O)c2c(O)c(=O)c(-c3nnc(Cc4ccc(F)cc4F)s3)cn2[C@@H]2COC[C@@H]21. The molecule has 3 aromatic rings. The van der Waals surface area contributed by atoms with Crippen molar-refractivity contribution in [3.8, 4) is 16.3 Å². The molecule has 1 fully saturated rings. The molecule has 178 valence electrons. The van der Waals surface area contributed by atoms with E-state index in [4.69, 9.17) is 9.47 Å². The van der Waals surface area contributed by atoms with Gasteiger partial charge in [0.15, 0.2) is 16.5 Å². The molecule has 0 unspecified atom stereocenters. The number of nitrogens with zero attached hydrogens (tertiary/aromatic N) is 4. The van der Waals surface area contributed by atoms with Crippen LogP contribution in [0.15, 0.2) is 29.2 Å². The van der Waals surface area contributed by atoms with Crippen molar-refractivity contribution in [2.45, 2.75) is 18.5 Å². The van der Waals surface area contributed by atoms with Gasteiger partial charge in [0, 0.05) is 32.3 Å². The topological polar surface area (TPSA) is 107 Å². The minimum atomic E-state index is -0.751. The summed E-state index contributed by atoms with van der Waals surface area (Å²) in [5.41, 5.74) is -0.538. The number of carbonyl (C=O) groups is 1. The van der Waals surface area contributed by atoms with Gasteiger partial charge in [0.2, 0.25) is 5.43 Å². The van der Waals surface area contributed by atoms with Gasteiger partial charge in [-0.15, -0.1) is 10.2 Å². The highest BCUT2D eigenvalue weighted by Crippen LogP contribution is 2.36. The molecule has 0 bridgehead atoms. The standard InChI is InChI=1S/C22H20F2N4O5S/c1-32-5-4-27-15-9-33-10-16(15)28-8-13(19(29)20(30)18(28)22(27)31)21-26-25-17(34-21)6-11-2-3-12(23)7-14(11)24/h2-3,7-8,15-16,30H,4-6,9-10H2,1H3/t15-,16+/m0/s1. The van der Waals surface area contributed by atoms with Crippen molar-refractivity contribution in [3.63, 3.8) is 0 Å². The molecule has 0 spiro atoms. The molecule has 0 saturated carbocycles. The van der Waals surface area contributed by atoms with Crippen LogP contribution in [0.3, 0.4) is 0 Å². The predicted octanol–water partition coefficient (Wildman–Crippen LogP) is 1.98. The van der Waals surface area contributed by atoms with E-state index in [1.165, 1.54) is 19.4 Å². The maximum Gasteiger partial charge on any atom is 0.274 e. The smallest absolute Gasteiger partial charge is 0.274 e. The van der Waals surface area contributed by atoms with Gasteiger partial charge < -0.3 is 24.0 Å². The van der Waals surface area contributed by atoms with Crippen LogP contribution >= 0.6 is 11.3 Å². The van der Waals surface area contributed by atoms with Crippen LogP contribution in [0.4, 0.5) is 8.78 Å². The number of carbonyl (C=O) groups excluding carboxylic acids is 1. The third-order valence-electron chi connectivity index (χ3n) is 6.04. The number of halogens is 2. The van der Waals surface area contributed by atoms with Gasteiger partial charge in [-0.25, -0.2) is 8.78 Å².